The maximum atomic E-state index is 11.6. The summed E-state index contributed by atoms with van der Waals surface area (Å²) in [5.41, 5.74) is 0.140. The molecule has 0 aliphatic carbocycles. The van der Waals surface area contributed by atoms with Gasteiger partial charge in [0.15, 0.2) is 0 Å². The van der Waals surface area contributed by atoms with E-state index in [9.17, 15) is 9.59 Å². The van der Waals surface area contributed by atoms with Crippen LogP contribution in [0, 0.1) is 0 Å². The fraction of sp³-hybridized carbons (Fsp3) is 0.364. The van der Waals surface area contributed by atoms with E-state index in [0.29, 0.717) is 5.03 Å². The third kappa shape index (κ3) is 3.74. The number of thioether (sulfide) groups is 1. The summed E-state index contributed by atoms with van der Waals surface area (Å²) in [6, 6.07) is 3.08. The highest BCUT2D eigenvalue weighted by Crippen LogP contribution is 2.22. The number of hydrogen-bond donors (Lipinski definition) is 1. The Bertz CT molecular complexity index is 417. The van der Waals surface area contributed by atoms with Gasteiger partial charge < -0.3 is 10.0 Å². The van der Waals surface area contributed by atoms with E-state index < -0.39 is 5.97 Å². The molecule has 1 rings (SSSR count). The Kier molecular flexibility index (Phi) is 4.51. The summed E-state index contributed by atoms with van der Waals surface area (Å²) in [5.74, 6) is -1.01. The maximum absolute atomic E-state index is 11.6. The molecule has 0 saturated carbocycles. The Morgan fingerprint density at radius 1 is 1.41 bits per heavy atom. The quantitative estimate of drug-likeness (QED) is 0.821. The van der Waals surface area contributed by atoms with Crippen molar-refractivity contribution in [2.24, 2.45) is 0 Å². The molecule has 6 heteroatoms. The molecular weight excluding hydrogens is 240 g/mol. The average molecular weight is 254 g/mol. The Balaban J connectivity index is 2.69. The summed E-state index contributed by atoms with van der Waals surface area (Å²) in [4.78, 5) is 27.7. The second kappa shape index (κ2) is 5.67. The minimum atomic E-state index is -1.01. The predicted molar refractivity (Wildman–Crippen MR) is 65.2 cm³/mol. The van der Waals surface area contributed by atoms with E-state index in [2.05, 4.69) is 4.98 Å². The van der Waals surface area contributed by atoms with Gasteiger partial charge in [-0.25, -0.2) is 9.78 Å². The molecule has 1 aromatic rings. The minimum absolute atomic E-state index is 0.000823. The van der Waals surface area contributed by atoms with Crippen LogP contribution in [0.3, 0.4) is 0 Å². The van der Waals surface area contributed by atoms with Gasteiger partial charge in [0, 0.05) is 20.3 Å². The van der Waals surface area contributed by atoms with E-state index in [1.54, 1.807) is 27.1 Å². The van der Waals surface area contributed by atoms with Crippen molar-refractivity contribution in [1.82, 2.24) is 9.88 Å². The van der Waals surface area contributed by atoms with Crippen molar-refractivity contribution < 1.29 is 14.7 Å². The molecule has 92 valence electrons. The Hall–Kier alpha value is -1.56. The maximum Gasteiger partial charge on any atom is 0.337 e. The van der Waals surface area contributed by atoms with Gasteiger partial charge in [0.05, 0.1) is 15.8 Å². The standard InChI is InChI=1S/C11H14N2O3S/c1-7(10(14)13(2)3)17-9-5-4-8(6-12-9)11(15)16/h4-7H,1-3H3,(H,15,16). The van der Waals surface area contributed by atoms with Gasteiger partial charge in [-0.1, -0.05) is 11.8 Å². The van der Waals surface area contributed by atoms with Crippen LogP contribution in [0.1, 0.15) is 17.3 Å². The van der Waals surface area contributed by atoms with E-state index in [1.807, 2.05) is 0 Å². The number of amides is 1. The number of pyridine rings is 1. The smallest absolute Gasteiger partial charge is 0.337 e. The highest BCUT2D eigenvalue weighted by molar-refractivity contribution is 8.00. The number of hydrogen-bond acceptors (Lipinski definition) is 4. The number of carbonyl (C=O) groups excluding carboxylic acids is 1. The van der Waals surface area contributed by atoms with Crippen LogP contribution in [0.4, 0.5) is 0 Å². The molecule has 1 heterocycles. The van der Waals surface area contributed by atoms with E-state index >= 15 is 0 Å². The summed E-state index contributed by atoms with van der Waals surface area (Å²) in [6.45, 7) is 1.79. The first-order valence-electron chi connectivity index (χ1n) is 4.99. The number of carboxylic acids is 1. The molecule has 17 heavy (non-hydrogen) atoms. The highest BCUT2D eigenvalue weighted by Gasteiger charge is 2.16. The van der Waals surface area contributed by atoms with Crippen LogP contribution in [-0.4, -0.2) is 46.2 Å². The molecule has 0 spiro atoms. The Morgan fingerprint density at radius 3 is 2.47 bits per heavy atom. The second-order valence-corrected chi connectivity index (χ2v) is 5.04. The molecule has 5 nitrogen and oxygen atoms in total. The summed E-state index contributed by atoms with van der Waals surface area (Å²) in [7, 11) is 3.39. The lowest BCUT2D eigenvalue weighted by atomic mass is 10.3. The van der Waals surface area contributed by atoms with Crippen LogP contribution in [-0.2, 0) is 4.79 Å². The lowest BCUT2D eigenvalue weighted by Crippen LogP contribution is -2.29. The lowest BCUT2D eigenvalue weighted by Gasteiger charge is -2.15. The predicted octanol–water partition coefficient (Wildman–Crippen LogP) is 1.35. The number of nitrogens with zero attached hydrogens (tertiary/aromatic N) is 2. The number of carboxylic acid groups (broad SMARTS) is 1. The fourth-order valence-corrected chi connectivity index (χ4v) is 2.11. The number of rotatable bonds is 4. The third-order valence-electron chi connectivity index (χ3n) is 2.07. The molecule has 1 aromatic heterocycles. The summed E-state index contributed by atoms with van der Waals surface area (Å²) >= 11 is 1.31. The van der Waals surface area contributed by atoms with Crippen LogP contribution in [0.2, 0.25) is 0 Å². The Morgan fingerprint density at radius 2 is 2.06 bits per heavy atom. The van der Waals surface area contributed by atoms with Gasteiger partial charge in [0.1, 0.15) is 0 Å². The first kappa shape index (κ1) is 13.5. The number of aromatic nitrogens is 1. The average Bonchev–Trinajstić information content (AvgIpc) is 2.28. The topological polar surface area (TPSA) is 70.5 Å². The van der Waals surface area contributed by atoms with E-state index in [0.717, 1.165) is 0 Å². The van der Waals surface area contributed by atoms with Crippen LogP contribution in [0.5, 0.6) is 0 Å². The first-order chi connectivity index (χ1) is 7.91. The number of aromatic carboxylic acids is 1. The summed E-state index contributed by atoms with van der Waals surface area (Å²) < 4.78 is 0. The van der Waals surface area contributed by atoms with Gasteiger partial charge in [0.2, 0.25) is 5.91 Å². The largest absolute Gasteiger partial charge is 0.478 e. The highest BCUT2D eigenvalue weighted by atomic mass is 32.2. The molecule has 0 fully saturated rings. The van der Waals surface area contributed by atoms with Gasteiger partial charge >= 0.3 is 5.97 Å². The molecular formula is C11H14N2O3S. The molecule has 1 N–H and O–H groups in total. The van der Waals surface area contributed by atoms with Crippen molar-refractivity contribution in [3.8, 4) is 0 Å². The summed E-state index contributed by atoms with van der Waals surface area (Å²) in [6.07, 6.45) is 1.29. The van der Waals surface area contributed by atoms with E-state index in [4.69, 9.17) is 5.11 Å². The van der Waals surface area contributed by atoms with Crippen LogP contribution >= 0.6 is 11.8 Å². The van der Waals surface area contributed by atoms with Crippen LogP contribution in [0.15, 0.2) is 23.4 Å². The molecule has 0 radical (unpaired) electrons. The number of carbonyl (C=O) groups is 2. The van der Waals surface area contributed by atoms with E-state index in [1.165, 1.54) is 28.9 Å². The molecule has 0 aliphatic rings. The van der Waals surface area contributed by atoms with Crippen molar-refractivity contribution in [2.75, 3.05) is 14.1 Å². The van der Waals surface area contributed by atoms with Crippen LogP contribution in [0.25, 0.3) is 0 Å². The van der Waals surface area contributed by atoms with Crippen LogP contribution < -0.4 is 0 Å². The zero-order chi connectivity index (χ0) is 13.0. The first-order valence-corrected chi connectivity index (χ1v) is 5.87. The molecule has 1 atom stereocenters. The van der Waals surface area contributed by atoms with Crippen molar-refractivity contribution in [1.29, 1.82) is 0 Å². The van der Waals surface area contributed by atoms with Gasteiger partial charge in [-0.2, -0.15) is 0 Å². The van der Waals surface area contributed by atoms with Gasteiger partial charge in [-0.15, -0.1) is 0 Å². The normalized spacial score (nSPS) is 11.9. The molecule has 0 aromatic carbocycles. The van der Waals surface area contributed by atoms with Gasteiger partial charge in [-0.05, 0) is 19.1 Å². The van der Waals surface area contributed by atoms with Gasteiger partial charge in [-0.3, -0.25) is 4.79 Å². The zero-order valence-corrected chi connectivity index (χ0v) is 10.7. The minimum Gasteiger partial charge on any atom is -0.478 e. The molecule has 0 bridgehead atoms. The van der Waals surface area contributed by atoms with Crippen molar-refractivity contribution in [2.45, 2.75) is 17.2 Å². The molecule has 1 amide bonds. The van der Waals surface area contributed by atoms with Gasteiger partial charge in [0.25, 0.3) is 0 Å². The lowest BCUT2D eigenvalue weighted by molar-refractivity contribution is -0.127. The van der Waals surface area contributed by atoms with Crippen molar-refractivity contribution in [3.63, 3.8) is 0 Å². The Labute approximate surface area is 104 Å². The van der Waals surface area contributed by atoms with E-state index in [-0.39, 0.29) is 16.7 Å². The molecule has 0 saturated heterocycles. The fourth-order valence-electron chi connectivity index (χ4n) is 1.17. The SMILES string of the molecule is CC(Sc1ccc(C(=O)O)cn1)C(=O)N(C)C. The van der Waals surface area contributed by atoms with Crippen molar-refractivity contribution in [3.05, 3.63) is 23.9 Å². The monoisotopic (exact) mass is 254 g/mol. The summed E-state index contributed by atoms with van der Waals surface area (Å²) in [5, 5.41) is 9.11. The van der Waals surface area contributed by atoms with Crippen molar-refractivity contribution >= 4 is 23.6 Å². The molecule has 1 unspecified atom stereocenters. The third-order valence-corrected chi connectivity index (χ3v) is 3.11. The zero-order valence-electron chi connectivity index (χ0n) is 9.88. The molecule has 0 aliphatic heterocycles. The second-order valence-electron chi connectivity index (χ2n) is 3.68.